The predicted octanol–water partition coefficient (Wildman–Crippen LogP) is 1.86. The van der Waals surface area contributed by atoms with Crippen LogP contribution in [0.25, 0.3) is 0 Å². The van der Waals surface area contributed by atoms with Crippen molar-refractivity contribution in [1.82, 2.24) is 10.3 Å². The van der Waals surface area contributed by atoms with Gasteiger partial charge in [0.25, 0.3) is 0 Å². The van der Waals surface area contributed by atoms with Crippen LogP contribution in [0, 0.1) is 0 Å². The van der Waals surface area contributed by atoms with Crippen molar-refractivity contribution >= 4 is 0 Å². The molecule has 1 saturated carbocycles. The van der Waals surface area contributed by atoms with E-state index in [4.69, 9.17) is 9.15 Å². The number of oxazole rings is 1. The Labute approximate surface area is 102 Å². The van der Waals surface area contributed by atoms with Gasteiger partial charge in [0, 0.05) is 24.9 Å². The molecule has 2 fully saturated rings. The summed E-state index contributed by atoms with van der Waals surface area (Å²) in [4.78, 5) is 4.34. The van der Waals surface area contributed by atoms with Gasteiger partial charge in [0.15, 0.2) is 5.89 Å². The summed E-state index contributed by atoms with van der Waals surface area (Å²) in [6.45, 7) is 3.86. The number of hydrogen-bond donors (Lipinski definition) is 1. The quantitative estimate of drug-likeness (QED) is 0.847. The van der Waals surface area contributed by atoms with Crippen molar-refractivity contribution in [2.24, 2.45) is 0 Å². The van der Waals surface area contributed by atoms with Gasteiger partial charge in [-0.2, -0.15) is 0 Å². The van der Waals surface area contributed by atoms with E-state index in [0.717, 1.165) is 43.7 Å². The highest BCUT2D eigenvalue weighted by atomic mass is 16.5. The fraction of sp³-hybridized carbons (Fsp3) is 0.769. The normalized spacial score (nSPS) is 28.8. The largest absolute Gasteiger partial charge is 0.445 e. The first-order valence-corrected chi connectivity index (χ1v) is 6.61. The maximum absolute atomic E-state index is 5.79. The van der Waals surface area contributed by atoms with Gasteiger partial charge in [-0.05, 0) is 26.2 Å². The van der Waals surface area contributed by atoms with Gasteiger partial charge in [-0.15, -0.1) is 0 Å². The van der Waals surface area contributed by atoms with E-state index >= 15 is 0 Å². The summed E-state index contributed by atoms with van der Waals surface area (Å²) in [7, 11) is 0. The van der Waals surface area contributed by atoms with Crippen LogP contribution in [-0.2, 0) is 11.2 Å². The summed E-state index contributed by atoms with van der Waals surface area (Å²) in [6, 6.07) is 0.758. The Kier molecular flexibility index (Phi) is 3.16. The van der Waals surface area contributed by atoms with Crippen molar-refractivity contribution in [1.29, 1.82) is 0 Å². The van der Waals surface area contributed by atoms with E-state index in [9.17, 15) is 0 Å². The molecular formula is C13H20N2O2. The molecule has 1 aliphatic carbocycles. The third-order valence-electron chi connectivity index (χ3n) is 3.52. The molecule has 4 heteroatoms. The SMILES string of the molecule is CC1CC(c2cnc(CCNC3CC3)o2)CO1. The Balaban J connectivity index is 1.50. The van der Waals surface area contributed by atoms with Crippen LogP contribution in [0.1, 0.15) is 43.8 Å². The average molecular weight is 236 g/mol. The fourth-order valence-corrected chi connectivity index (χ4v) is 2.31. The minimum Gasteiger partial charge on any atom is -0.445 e. The Morgan fingerprint density at radius 2 is 2.35 bits per heavy atom. The molecule has 2 aliphatic rings. The summed E-state index contributed by atoms with van der Waals surface area (Å²) in [6.07, 6.45) is 6.82. The average Bonchev–Trinajstić information content (AvgIpc) is 2.85. The van der Waals surface area contributed by atoms with E-state index in [1.54, 1.807) is 0 Å². The topological polar surface area (TPSA) is 47.3 Å². The van der Waals surface area contributed by atoms with Gasteiger partial charge in [-0.1, -0.05) is 0 Å². The minimum absolute atomic E-state index is 0.352. The molecule has 1 aromatic rings. The lowest BCUT2D eigenvalue weighted by molar-refractivity contribution is 0.122. The molecule has 4 nitrogen and oxygen atoms in total. The van der Waals surface area contributed by atoms with Crippen molar-refractivity contribution in [3.8, 4) is 0 Å². The van der Waals surface area contributed by atoms with Crippen LogP contribution < -0.4 is 5.32 Å². The number of ether oxygens (including phenoxy) is 1. The molecule has 0 bridgehead atoms. The van der Waals surface area contributed by atoms with Crippen LogP contribution in [0.2, 0.25) is 0 Å². The van der Waals surface area contributed by atoms with Crippen LogP contribution in [0.4, 0.5) is 0 Å². The molecule has 1 aliphatic heterocycles. The van der Waals surface area contributed by atoms with Crippen molar-refractivity contribution in [3.63, 3.8) is 0 Å². The van der Waals surface area contributed by atoms with Crippen molar-refractivity contribution in [2.75, 3.05) is 13.2 Å². The van der Waals surface area contributed by atoms with Gasteiger partial charge in [-0.25, -0.2) is 4.98 Å². The molecule has 0 amide bonds. The Hall–Kier alpha value is -0.870. The molecule has 0 spiro atoms. The van der Waals surface area contributed by atoms with E-state index in [-0.39, 0.29) is 0 Å². The zero-order chi connectivity index (χ0) is 11.7. The molecular weight excluding hydrogens is 216 g/mol. The maximum atomic E-state index is 5.79. The Bertz CT molecular complexity index is 373. The third kappa shape index (κ3) is 2.87. The third-order valence-corrected chi connectivity index (χ3v) is 3.52. The molecule has 1 saturated heterocycles. The van der Waals surface area contributed by atoms with E-state index in [1.165, 1.54) is 12.8 Å². The number of rotatable bonds is 5. The first-order valence-electron chi connectivity index (χ1n) is 6.61. The van der Waals surface area contributed by atoms with E-state index in [0.29, 0.717) is 12.0 Å². The highest BCUT2D eigenvalue weighted by molar-refractivity contribution is 5.04. The molecule has 1 aromatic heterocycles. The second-order valence-electron chi connectivity index (χ2n) is 5.21. The van der Waals surface area contributed by atoms with Crippen LogP contribution in [0.3, 0.4) is 0 Å². The van der Waals surface area contributed by atoms with Crippen LogP contribution in [0.15, 0.2) is 10.6 Å². The fourth-order valence-electron chi connectivity index (χ4n) is 2.31. The maximum Gasteiger partial charge on any atom is 0.195 e. The number of hydrogen-bond acceptors (Lipinski definition) is 4. The van der Waals surface area contributed by atoms with Gasteiger partial charge in [0.2, 0.25) is 0 Å². The second kappa shape index (κ2) is 4.78. The van der Waals surface area contributed by atoms with Gasteiger partial charge in [0.1, 0.15) is 5.76 Å². The lowest BCUT2D eigenvalue weighted by atomic mass is 10.0. The first kappa shape index (κ1) is 11.2. The molecule has 0 aromatic carbocycles. The summed E-state index contributed by atoms with van der Waals surface area (Å²) in [5, 5.41) is 3.47. The van der Waals surface area contributed by atoms with Crippen LogP contribution >= 0.6 is 0 Å². The van der Waals surface area contributed by atoms with Crippen molar-refractivity contribution < 1.29 is 9.15 Å². The first-order chi connectivity index (χ1) is 8.31. The van der Waals surface area contributed by atoms with Crippen molar-refractivity contribution in [2.45, 2.75) is 50.7 Å². The highest BCUT2D eigenvalue weighted by Gasteiger charge is 2.26. The van der Waals surface area contributed by atoms with E-state index < -0.39 is 0 Å². The summed E-state index contributed by atoms with van der Waals surface area (Å²) in [5.74, 6) is 2.26. The molecule has 17 heavy (non-hydrogen) atoms. The Morgan fingerprint density at radius 3 is 3.06 bits per heavy atom. The molecule has 2 heterocycles. The summed E-state index contributed by atoms with van der Waals surface area (Å²) in [5.41, 5.74) is 0. The minimum atomic E-state index is 0.352. The smallest absolute Gasteiger partial charge is 0.195 e. The number of nitrogens with zero attached hydrogens (tertiary/aromatic N) is 1. The monoisotopic (exact) mass is 236 g/mol. The lowest BCUT2D eigenvalue weighted by Crippen LogP contribution is -2.19. The zero-order valence-electron chi connectivity index (χ0n) is 10.3. The van der Waals surface area contributed by atoms with Gasteiger partial charge < -0.3 is 14.5 Å². The Morgan fingerprint density at radius 1 is 1.47 bits per heavy atom. The number of nitrogens with one attached hydrogen (secondary N) is 1. The van der Waals surface area contributed by atoms with E-state index in [2.05, 4.69) is 17.2 Å². The predicted molar refractivity (Wildman–Crippen MR) is 64.0 cm³/mol. The molecule has 2 unspecified atom stereocenters. The molecule has 1 N–H and O–H groups in total. The van der Waals surface area contributed by atoms with Crippen LogP contribution in [-0.4, -0.2) is 30.3 Å². The summed E-state index contributed by atoms with van der Waals surface area (Å²) >= 11 is 0. The highest BCUT2D eigenvalue weighted by Crippen LogP contribution is 2.29. The lowest BCUT2D eigenvalue weighted by Gasteiger charge is -2.02. The van der Waals surface area contributed by atoms with Crippen LogP contribution in [0.5, 0.6) is 0 Å². The molecule has 0 radical (unpaired) electrons. The van der Waals surface area contributed by atoms with Gasteiger partial charge in [0.05, 0.1) is 18.9 Å². The standard InChI is InChI=1S/C13H20N2O2/c1-9-6-10(8-16-9)12-7-15-13(17-12)4-5-14-11-2-3-11/h7,9-11,14H,2-6,8H2,1H3. The van der Waals surface area contributed by atoms with Gasteiger partial charge in [-0.3, -0.25) is 0 Å². The zero-order valence-corrected chi connectivity index (χ0v) is 10.3. The molecule has 94 valence electrons. The number of aromatic nitrogens is 1. The molecule has 2 atom stereocenters. The molecule has 3 rings (SSSR count). The van der Waals surface area contributed by atoms with Gasteiger partial charge >= 0.3 is 0 Å². The van der Waals surface area contributed by atoms with E-state index in [1.807, 2.05) is 6.20 Å². The summed E-state index contributed by atoms with van der Waals surface area (Å²) < 4.78 is 11.3. The second-order valence-corrected chi connectivity index (χ2v) is 5.21. The van der Waals surface area contributed by atoms with Crippen molar-refractivity contribution in [3.05, 3.63) is 17.8 Å².